The van der Waals surface area contributed by atoms with Crippen molar-refractivity contribution in [3.63, 3.8) is 0 Å². The van der Waals surface area contributed by atoms with E-state index in [2.05, 4.69) is 19.2 Å². The summed E-state index contributed by atoms with van der Waals surface area (Å²) in [7, 11) is 0. The van der Waals surface area contributed by atoms with Crippen LogP contribution < -0.4 is 11.1 Å². The van der Waals surface area contributed by atoms with Crippen molar-refractivity contribution >= 4 is 17.9 Å². The van der Waals surface area contributed by atoms with Gasteiger partial charge in [-0.05, 0) is 24.7 Å². The highest BCUT2D eigenvalue weighted by Gasteiger charge is 2.38. The quantitative estimate of drug-likeness (QED) is 0.661. The van der Waals surface area contributed by atoms with E-state index >= 15 is 0 Å². The SMILES string of the molecule is CCC1(CC)CCN(C(=O)NC(CC(N)=O)C(=O)O)C1. The van der Waals surface area contributed by atoms with Crippen molar-refractivity contribution in [2.75, 3.05) is 13.1 Å². The zero-order valence-electron chi connectivity index (χ0n) is 12.0. The number of amides is 3. The van der Waals surface area contributed by atoms with Crippen molar-refractivity contribution < 1.29 is 19.5 Å². The molecule has 1 rings (SSSR count). The first-order valence-electron chi connectivity index (χ1n) is 6.90. The fourth-order valence-corrected chi connectivity index (χ4v) is 2.58. The first-order valence-corrected chi connectivity index (χ1v) is 6.90. The maximum atomic E-state index is 12.1. The number of primary amides is 1. The smallest absolute Gasteiger partial charge is 0.326 e. The van der Waals surface area contributed by atoms with E-state index in [1.807, 2.05) is 0 Å². The number of hydrogen-bond acceptors (Lipinski definition) is 3. The molecule has 0 saturated carbocycles. The van der Waals surface area contributed by atoms with Crippen molar-refractivity contribution in [3.05, 3.63) is 0 Å². The number of carbonyl (C=O) groups is 3. The summed E-state index contributed by atoms with van der Waals surface area (Å²) in [5.74, 6) is -2.01. The molecule has 0 spiro atoms. The van der Waals surface area contributed by atoms with Gasteiger partial charge in [0.2, 0.25) is 5.91 Å². The molecule has 20 heavy (non-hydrogen) atoms. The topological polar surface area (TPSA) is 113 Å². The summed E-state index contributed by atoms with van der Waals surface area (Å²) in [5.41, 5.74) is 5.10. The molecule has 1 unspecified atom stereocenters. The Morgan fingerprint density at radius 1 is 1.35 bits per heavy atom. The van der Waals surface area contributed by atoms with E-state index in [9.17, 15) is 14.4 Å². The normalized spacial score (nSPS) is 18.6. The molecule has 0 aromatic rings. The fraction of sp³-hybridized carbons (Fsp3) is 0.769. The molecule has 7 heteroatoms. The molecule has 1 aliphatic rings. The highest BCUT2D eigenvalue weighted by molar-refractivity contribution is 5.87. The monoisotopic (exact) mass is 285 g/mol. The van der Waals surface area contributed by atoms with Gasteiger partial charge in [0, 0.05) is 13.1 Å². The van der Waals surface area contributed by atoms with E-state index < -0.39 is 30.4 Å². The Kier molecular flexibility index (Phi) is 5.35. The summed E-state index contributed by atoms with van der Waals surface area (Å²) < 4.78 is 0. The molecule has 114 valence electrons. The van der Waals surface area contributed by atoms with Crippen LogP contribution in [-0.2, 0) is 9.59 Å². The molecule has 4 N–H and O–H groups in total. The van der Waals surface area contributed by atoms with Gasteiger partial charge in [0.15, 0.2) is 0 Å². The number of carboxylic acids is 1. The van der Waals surface area contributed by atoms with Crippen LogP contribution in [0, 0.1) is 5.41 Å². The fourth-order valence-electron chi connectivity index (χ4n) is 2.58. The number of hydrogen-bond donors (Lipinski definition) is 3. The lowest BCUT2D eigenvalue weighted by atomic mass is 9.82. The van der Waals surface area contributed by atoms with E-state index in [0.29, 0.717) is 13.1 Å². The van der Waals surface area contributed by atoms with Gasteiger partial charge in [-0.1, -0.05) is 13.8 Å². The third-order valence-corrected chi connectivity index (χ3v) is 4.23. The van der Waals surface area contributed by atoms with E-state index in [1.54, 1.807) is 4.90 Å². The number of likely N-dealkylation sites (tertiary alicyclic amines) is 1. The Labute approximate surface area is 118 Å². The molecule has 0 bridgehead atoms. The van der Waals surface area contributed by atoms with E-state index in [4.69, 9.17) is 10.8 Å². The lowest BCUT2D eigenvalue weighted by Crippen LogP contribution is -2.49. The molecule has 0 aliphatic carbocycles. The second-order valence-electron chi connectivity index (χ2n) is 5.39. The first kappa shape index (κ1) is 16.3. The number of aliphatic carboxylic acids is 1. The molecule has 1 fully saturated rings. The predicted octanol–water partition coefficient (Wildman–Crippen LogP) is 0.537. The number of rotatable bonds is 6. The van der Waals surface area contributed by atoms with Gasteiger partial charge in [0.25, 0.3) is 0 Å². The maximum absolute atomic E-state index is 12.1. The second kappa shape index (κ2) is 6.58. The van der Waals surface area contributed by atoms with Crippen LogP contribution in [0.25, 0.3) is 0 Å². The average Bonchev–Trinajstić information content (AvgIpc) is 2.82. The number of nitrogens with two attached hydrogens (primary N) is 1. The lowest BCUT2D eigenvalue weighted by Gasteiger charge is -2.27. The molecule has 0 aromatic carbocycles. The van der Waals surface area contributed by atoms with Crippen LogP contribution in [0.5, 0.6) is 0 Å². The van der Waals surface area contributed by atoms with Gasteiger partial charge >= 0.3 is 12.0 Å². The van der Waals surface area contributed by atoms with Gasteiger partial charge in [-0.3, -0.25) is 4.79 Å². The third kappa shape index (κ3) is 3.85. The minimum atomic E-state index is -1.27. The summed E-state index contributed by atoms with van der Waals surface area (Å²) in [6.07, 6.45) is 2.48. The zero-order chi connectivity index (χ0) is 15.3. The number of carboxylic acid groups (broad SMARTS) is 1. The van der Waals surface area contributed by atoms with Gasteiger partial charge in [-0.2, -0.15) is 0 Å². The third-order valence-electron chi connectivity index (χ3n) is 4.23. The maximum Gasteiger partial charge on any atom is 0.326 e. The Morgan fingerprint density at radius 2 is 1.95 bits per heavy atom. The van der Waals surface area contributed by atoms with Crippen LogP contribution in [0.15, 0.2) is 0 Å². The molecule has 1 heterocycles. The van der Waals surface area contributed by atoms with E-state index in [0.717, 1.165) is 19.3 Å². The molecule has 1 atom stereocenters. The average molecular weight is 285 g/mol. The molecule has 7 nitrogen and oxygen atoms in total. The number of urea groups is 1. The van der Waals surface area contributed by atoms with Crippen molar-refractivity contribution in [2.45, 2.75) is 45.6 Å². The van der Waals surface area contributed by atoms with Crippen LogP contribution in [0.1, 0.15) is 39.5 Å². The van der Waals surface area contributed by atoms with Gasteiger partial charge < -0.3 is 21.1 Å². The molecule has 0 radical (unpaired) electrons. The Balaban J connectivity index is 2.62. The van der Waals surface area contributed by atoms with Gasteiger partial charge in [-0.15, -0.1) is 0 Å². The molecule has 3 amide bonds. The zero-order valence-corrected chi connectivity index (χ0v) is 12.0. The summed E-state index contributed by atoms with van der Waals surface area (Å²) >= 11 is 0. The Morgan fingerprint density at radius 3 is 2.35 bits per heavy atom. The van der Waals surface area contributed by atoms with Crippen LogP contribution in [-0.4, -0.2) is 47.0 Å². The highest BCUT2D eigenvalue weighted by Crippen LogP contribution is 2.36. The largest absolute Gasteiger partial charge is 0.480 e. The lowest BCUT2D eigenvalue weighted by molar-refractivity contribution is -0.140. The van der Waals surface area contributed by atoms with Crippen molar-refractivity contribution in [3.8, 4) is 0 Å². The minimum Gasteiger partial charge on any atom is -0.480 e. The van der Waals surface area contributed by atoms with Gasteiger partial charge in [0.05, 0.1) is 6.42 Å². The van der Waals surface area contributed by atoms with Crippen LogP contribution in [0.2, 0.25) is 0 Å². The minimum absolute atomic E-state index is 0.125. The molecule has 0 aromatic heterocycles. The van der Waals surface area contributed by atoms with Crippen LogP contribution in [0.3, 0.4) is 0 Å². The van der Waals surface area contributed by atoms with Crippen LogP contribution in [0.4, 0.5) is 4.79 Å². The molecule has 1 aliphatic heterocycles. The summed E-state index contributed by atoms with van der Waals surface area (Å²) in [4.78, 5) is 35.5. The second-order valence-corrected chi connectivity index (χ2v) is 5.39. The molecular weight excluding hydrogens is 262 g/mol. The number of carbonyl (C=O) groups excluding carboxylic acids is 2. The summed E-state index contributed by atoms with van der Waals surface area (Å²) in [5, 5.41) is 11.3. The van der Waals surface area contributed by atoms with Gasteiger partial charge in [0.1, 0.15) is 6.04 Å². The van der Waals surface area contributed by atoms with Crippen molar-refractivity contribution in [1.29, 1.82) is 0 Å². The van der Waals surface area contributed by atoms with Crippen molar-refractivity contribution in [1.82, 2.24) is 10.2 Å². The van der Waals surface area contributed by atoms with Gasteiger partial charge in [-0.25, -0.2) is 9.59 Å². The molecular formula is C13H23N3O4. The Bertz CT molecular complexity index is 393. The Hall–Kier alpha value is -1.79. The van der Waals surface area contributed by atoms with Crippen LogP contribution >= 0.6 is 0 Å². The first-order chi connectivity index (χ1) is 9.33. The number of nitrogens with zero attached hydrogens (tertiary/aromatic N) is 1. The van der Waals surface area contributed by atoms with E-state index in [1.165, 1.54) is 0 Å². The highest BCUT2D eigenvalue weighted by atomic mass is 16.4. The molecule has 1 saturated heterocycles. The number of nitrogens with one attached hydrogen (secondary N) is 1. The van der Waals surface area contributed by atoms with Crippen molar-refractivity contribution in [2.24, 2.45) is 11.1 Å². The standard InChI is InChI=1S/C13H23N3O4/c1-3-13(4-2)5-6-16(8-13)12(20)15-9(11(18)19)7-10(14)17/h9H,3-8H2,1-2H3,(H2,14,17)(H,15,20)(H,18,19). The summed E-state index contributed by atoms with van der Waals surface area (Å²) in [6, 6.07) is -1.71. The summed E-state index contributed by atoms with van der Waals surface area (Å²) in [6.45, 7) is 5.42. The predicted molar refractivity (Wildman–Crippen MR) is 73.0 cm³/mol. The van der Waals surface area contributed by atoms with E-state index in [-0.39, 0.29) is 5.41 Å².